The summed E-state index contributed by atoms with van der Waals surface area (Å²) >= 11 is 0. The highest BCUT2D eigenvalue weighted by Crippen LogP contribution is 2.51. The van der Waals surface area contributed by atoms with E-state index in [1.807, 2.05) is 38.1 Å². The number of nitrogens with zero attached hydrogens (tertiary/aromatic N) is 4. The highest BCUT2D eigenvalue weighted by Gasteiger charge is 2.51. The Labute approximate surface area is 162 Å². The Morgan fingerprint density at radius 2 is 1.93 bits per heavy atom. The van der Waals surface area contributed by atoms with Crippen molar-refractivity contribution in [2.75, 3.05) is 26.2 Å². The van der Waals surface area contributed by atoms with Crippen LogP contribution in [0.3, 0.4) is 0 Å². The van der Waals surface area contributed by atoms with Crippen molar-refractivity contribution < 1.29 is 9.53 Å². The van der Waals surface area contributed by atoms with Gasteiger partial charge in [0.25, 0.3) is 0 Å². The van der Waals surface area contributed by atoms with Crippen LogP contribution in [0.15, 0.2) is 12.4 Å². The molecule has 2 aliphatic heterocycles. The molecule has 2 saturated heterocycles. The molecule has 0 bridgehead atoms. The van der Waals surface area contributed by atoms with Crippen LogP contribution in [0, 0.1) is 5.41 Å². The number of hydrogen-bond donors (Lipinski definition) is 0. The summed E-state index contributed by atoms with van der Waals surface area (Å²) in [7, 11) is 2.10. The molecule has 1 saturated carbocycles. The van der Waals surface area contributed by atoms with Crippen LogP contribution in [0.25, 0.3) is 0 Å². The lowest BCUT2D eigenvalue weighted by Crippen LogP contribution is -2.54. The molecule has 4 rings (SSSR count). The molecule has 1 amide bonds. The average Bonchev–Trinajstić information content (AvgIpc) is 3.19. The van der Waals surface area contributed by atoms with Gasteiger partial charge in [0, 0.05) is 44.5 Å². The Bertz CT molecular complexity index is 679. The zero-order valence-corrected chi connectivity index (χ0v) is 17.3. The predicted octanol–water partition coefficient (Wildman–Crippen LogP) is 3.39. The maximum Gasteiger partial charge on any atom is 0.410 e. The van der Waals surface area contributed by atoms with Crippen molar-refractivity contribution in [3.8, 4) is 0 Å². The molecule has 6 nitrogen and oxygen atoms in total. The van der Waals surface area contributed by atoms with Crippen LogP contribution in [-0.2, 0) is 11.8 Å². The molecule has 3 fully saturated rings. The molecule has 150 valence electrons. The third-order valence-electron chi connectivity index (χ3n) is 6.70. The highest BCUT2D eigenvalue weighted by atomic mass is 16.6. The second-order valence-corrected chi connectivity index (χ2v) is 9.92. The molecule has 1 aliphatic carbocycles. The van der Waals surface area contributed by atoms with Crippen LogP contribution >= 0.6 is 0 Å². The van der Waals surface area contributed by atoms with E-state index < -0.39 is 5.60 Å². The Hall–Kier alpha value is -1.56. The van der Waals surface area contributed by atoms with Gasteiger partial charge in [0.1, 0.15) is 11.4 Å². The van der Waals surface area contributed by atoms with Gasteiger partial charge in [-0.05, 0) is 71.4 Å². The SMILES string of the molecule is Cn1ccnc1C1CCN(C2CC3(CCN(C(=O)OC(C)(C)C)C3)C2)CC1. The van der Waals surface area contributed by atoms with Gasteiger partial charge < -0.3 is 19.1 Å². The maximum absolute atomic E-state index is 12.3. The number of aromatic nitrogens is 2. The number of carbonyl (C=O) groups is 1. The molecule has 1 aromatic rings. The molecule has 1 spiro atoms. The fourth-order valence-corrected chi connectivity index (χ4v) is 5.24. The Balaban J connectivity index is 1.25. The zero-order valence-electron chi connectivity index (χ0n) is 17.3. The van der Waals surface area contributed by atoms with Crippen LogP contribution in [0.1, 0.15) is 64.6 Å². The van der Waals surface area contributed by atoms with Crippen LogP contribution in [0.5, 0.6) is 0 Å². The minimum Gasteiger partial charge on any atom is -0.444 e. The summed E-state index contributed by atoms with van der Waals surface area (Å²) in [6.45, 7) is 9.88. The van der Waals surface area contributed by atoms with Crippen LogP contribution in [0.4, 0.5) is 4.79 Å². The minimum absolute atomic E-state index is 0.140. The summed E-state index contributed by atoms with van der Waals surface area (Å²) in [4.78, 5) is 21.5. The number of piperidine rings is 1. The largest absolute Gasteiger partial charge is 0.444 e. The van der Waals surface area contributed by atoms with E-state index in [4.69, 9.17) is 4.74 Å². The summed E-state index contributed by atoms with van der Waals surface area (Å²) in [5.74, 6) is 1.84. The lowest BCUT2D eigenvalue weighted by Gasteiger charge is -2.51. The lowest BCUT2D eigenvalue weighted by atomic mass is 9.64. The summed E-state index contributed by atoms with van der Waals surface area (Å²) in [5.41, 5.74) is -0.0649. The summed E-state index contributed by atoms with van der Waals surface area (Å²) in [5, 5.41) is 0. The first-order valence-electron chi connectivity index (χ1n) is 10.4. The average molecular weight is 375 g/mol. The molecule has 3 heterocycles. The highest BCUT2D eigenvalue weighted by molar-refractivity contribution is 5.68. The van der Waals surface area contributed by atoms with E-state index in [2.05, 4.69) is 21.5 Å². The molecule has 0 aromatic carbocycles. The molecule has 27 heavy (non-hydrogen) atoms. The van der Waals surface area contributed by atoms with Crippen molar-refractivity contribution in [1.29, 1.82) is 0 Å². The van der Waals surface area contributed by atoms with E-state index in [9.17, 15) is 4.79 Å². The summed E-state index contributed by atoms with van der Waals surface area (Å²) in [6.07, 6.45) is 9.84. The van der Waals surface area contributed by atoms with Gasteiger partial charge in [-0.2, -0.15) is 0 Å². The number of ether oxygens (including phenoxy) is 1. The van der Waals surface area contributed by atoms with Crippen LogP contribution < -0.4 is 0 Å². The maximum atomic E-state index is 12.3. The molecule has 0 radical (unpaired) electrons. The monoisotopic (exact) mass is 374 g/mol. The van der Waals surface area contributed by atoms with Crippen molar-refractivity contribution in [2.24, 2.45) is 12.5 Å². The molecular formula is C21H34N4O2. The van der Waals surface area contributed by atoms with Gasteiger partial charge in [0.2, 0.25) is 0 Å². The van der Waals surface area contributed by atoms with Crippen LogP contribution in [0.2, 0.25) is 0 Å². The van der Waals surface area contributed by atoms with Gasteiger partial charge in [0.15, 0.2) is 0 Å². The first-order valence-corrected chi connectivity index (χ1v) is 10.4. The van der Waals surface area contributed by atoms with E-state index in [0.29, 0.717) is 17.4 Å². The summed E-state index contributed by atoms with van der Waals surface area (Å²) in [6, 6.07) is 0.700. The number of amides is 1. The lowest BCUT2D eigenvalue weighted by molar-refractivity contribution is -0.0105. The predicted molar refractivity (Wildman–Crippen MR) is 105 cm³/mol. The zero-order chi connectivity index (χ0) is 19.2. The van der Waals surface area contributed by atoms with Gasteiger partial charge in [-0.15, -0.1) is 0 Å². The topological polar surface area (TPSA) is 50.6 Å². The normalized spacial score (nSPS) is 29.9. The Kier molecular flexibility index (Phi) is 4.73. The first-order chi connectivity index (χ1) is 12.7. The standard InChI is InChI=1S/C21H34N4O2/c1-20(2,3)27-19(26)25-11-7-21(15-25)13-17(14-21)24-9-5-16(6-10-24)18-22-8-12-23(18)4/h8,12,16-17H,5-7,9-11,13-15H2,1-4H3. The van der Waals surface area contributed by atoms with Crippen molar-refractivity contribution in [1.82, 2.24) is 19.4 Å². The van der Waals surface area contributed by atoms with Gasteiger partial charge >= 0.3 is 6.09 Å². The quantitative estimate of drug-likeness (QED) is 0.796. The van der Waals surface area contributed by atoms with E-state index in [1.165, 1.54) is 44.6 Å². The van der Waals surface area contributed by atoms with Gasteiger partial charge in [-0.1, -0.05) is 0 Å². The molecule has 6 heteroatoms. The Morgan fingerprint density at radius 3 is 2.52 bits per heavy atom. The van der Waals surface area contributed by atoms with Crippen molar-refractivity contribution in [2.45, 2.75) is 70.4 Å². The number of rotatable bonds is 2. The Morgan fingerprint density at radius 1 is 1.22 bits per heavy atom. The van der Waals surface area contributed by atoms with Gasteiger partial charge in [0.05, 0.1) is 0 Å². The van der Waals surface area contributed by atoms with Crippen molar-refractivity contribution >= 4 is 6.09 Å². The number of carbonyl (C=O) groups excluding carboxylic acids is 1. The van der Waals surface area contributed by atoms with Crippen molar-refractivity contribution in [3.63, 3.8) is 0 Å². The number of aryl methyl sites for hydroxylation is 1. The van der Waals surface area contributed by atoms with Crippen LogP contribution in [-0.4, -0.2) is 63.3 Å². The molecule has 3 aliphatic rings. The van der Waals surface area contributed by atoms with E-state index in [1.54, 1.807) is 0 Å². The second-order valence-electron chi connectivity index (χ2n) is 9.92. The fourth-order valence-electron chi connectivity index (χ4n) is 5.24. The number of hydrogen-bond acceptors (Lipinski definition) is 4. The van der Waals surface area contributed by atoms with E-state index >= 15 is 0 Å². The number of imidazole rings is 1. The molecule has 0 atom stereocenters. The summed E-state index contributed by atoms with van der Waals surface area (Å²) < 4.78 is 7.72. The minimum atomic E-state index is -0.410. The third kappa shape index (κ3) is 3.86. The molecular weight excluding hydrogens is 340 g/mol. The fraction of sp³-hybridized carbons (Fsp3) is 0.810. The molecule has 0 unspecified atom stereocenters. The van der Waals surface area contributed by atoms with Crippen molar-refractivity contribution in [3.05, 3.63) is 18.2 Å². The van der Waals surface area contributed by atoms with E-state index in [-0.39, 0.29) is 6.09 Å². The third-order valence-corrected chi connectivity index (χ3v) is 6.70. The van der Waals surface area contributed by atoms with Gasteiger partial charge in [-0.25, -0.2) is 9.78 Å². The first kappa shape index (κ1) is 18.8. The smallest absolute Gasteiger partial charge is 0.410 e. The second kappa shape index (κ2) is 6.80. The number of likely N-dealkylation sites (tertiary alicyclic amines) is 2. The van der Waals surface area contributed by atoms with Gasteiger partial charge in [-0.3, -0.25) is 0 Å². The van der Waals surface area contributed by atoms with E-state index in [0.717, 1.165) is 19.5 Å². The molecule has 0 N–H and O–H groups in total. The molecule has 1 aromatic heterocycles.